The Kier molecular flexibility index (Phi) is 6.25. The molecule has 0 spiro atoms. The Morgan fingerprint density at radius 1 is 1.38 bits per heavy atom. The van der Waals surface area contributed by atoms with Crippen molar-refractivity contribution >= 4 is 24.2 Å². The number of halogens is 3. The molecule has 1 aromatic rings. The first kappa shape index (κ1) is 15.6. The van der Waals surface area contributed by atoms with Crippen molar-refractivity contribution in [3.63, 3.8) is 0 Å². The van der Waals surface area contributed by atoms with Gasteiger partial charge in [-0.3, -0.25) is 0 Å². The van der Waals surface area contributed by atoms with Crippen LogP contribution in [-0.2, 0) is 0 Å². The van der Waals surface area contributed by atoms with E-state index in [-0.39, 0.29) is 12.4 Å². The predicted octanol–water partition coefficient (Wildman–Crippen LogP) is 2.46. The Bertz CT molecular complexity index is 321. The average Bonchev–Trinajstić information content (AvgIpc) is 2.28. The molecule has 0 saturated carbocycles. The molecule has 0 aliphatic carbocycles. The highest BCUT2D eigenvalue weighted by molar-refractivity contribution is 7.98. The van der Waals surface area contributed by atoms with E-state index in [1.54, 1.807) is 24.3 Å². The maximum absolute atomic E-state index is 13.0. The number of thioether (sulfide) groups is 1. The lowest BCUT2D eigenvalue weighted by Gasteiger charge is -2.21. The monoisotopic (exact) mass is 269 g/mol. The molecule has 0 aliphatic heterocycles. The van der Waals surface area contributed by atoms with Crippen LogP contribution in [0.4, 0.5) is 8.78 Å². The maximum atomic E-state index is 13.0. The molecule has 0 bridgehead atoms. The van der Waals surface area contributed by atoms with Crippen LogP contribution in [0.3, 0.4) is 0 Å². The quantitative estimate of drug-likeness (QED) is 0.826. The van der Waals surface area contributed by atoms with E-state index in [2.05, 4.69) is 0 Å². The normalized spacial score (nSPS) is 13.1. The zero-order valence-electron chi connectivity index (χ0n) is 8.69. The largest absolute Gasteiger partial charge is 0.390 e. The number of hydrogen-bond donors (Lipinski definition) is 2. The molecule has 6 heteroatoms. The summed E-state index contributed by atoms with van der Waals surface area (Å²) in [5.74, 6) is -3.28. The minimum Gasteiger partial charge on any atom is -0.390 e. The smallest absolute Gasteiger partial charge is 0.289 e. The summed E-state index contributed by atoms with van der Waals surface area (Å²) in [7, 11) is 0. The lowest BCUT2D eigenvalue weighted by molar-refractivity contribution is -0.0711. The molecule has 3 N–H and O–H groups in total. The summed E-state index contributed by atoms with van der Waals surface area (Å²) in [6, 6.07) is 5.11. The van der Waals surface area contributed by atoms with Crippen LogP contribution >= 0.6 is 24.2 Å². The molecule has 2 nitrogen and oxygen atoms in total. The molecule has 0 aromatic heterocycles. The summed E-state index contributed by atoms with van der Waals surface area (Å²) in [4.78, 5) is 0.985. The van der Waals surface area contributed by atoms with Crippen molar-refractivity contribution < 1.29 is 13.9 Å². The summed E-state index contributed by atoms with van der Waals surface area (Å²) >= 11 is 1.52. The van der Waals surface area contributed by atoms with Gasteiger partial charge in [0.25, 0.3) is 5.92 Å². The van der Waals surface area contributed by atoms with Crippen molar-refractivity contribution in [2.75, 3.05) is 12.9 Å². The second-order valence-electron chi connectivity index (χ2n) is 3.17. The number of aliphatic hydroxyl groups is 1. The Morgan fingerprint density at radius 2 is 1.88 bits per heavy atom. The topological polar surface area (TPSA) is 46.2 Å². The summed E-state index contributed by atoms with van der Waals surface area (Å²) in [6.07, 6.45) is 1.90. The summed E-state index contributed by atoms with van der Waals surface area (Å²) in [6.45, 7) is -1.24. The highest BCUT2D eigenvalue weighted by Crippen LogP contribution is 2.29. The van der Waals surface area contributed by atoms with E-state index in [1.807, 2.05) is 6.26 Å². The highest BCUT2D eigenvalue weighted by Gasteiger charge is 2.37. The van der Waals surface area contributed by atoms with E-state index in [9.17, 15) is 8.78 Å². The summed E-state index contributed by atoms with van der Waals surface area (Å²) < 4.78 is 26.1. The molecule has 92 valence electrons. The minimum atomic E-state index is -3.28. The van der Waals surface area contributed by atoms with Gasteiger partial charge < -0.3 is 10.8 Å². The fourth-order valence-electron chi connectivity index (χ4n) is 1.15. The Morgan fingerprint density at radius 3 is 2.25 bits per heavy atom. The van der Waals surface area contributed by atoms with Gasteiger partial charge >= 0.3 is 0 Å². The van der Waals surface area contributed by atoms with Gasteiger partial charge in [0.1, 0.15) is 6.61 Å². The van der Waals surface area contributed by atoms with Gasteiger partial charge in [0.2, 0.25) is 0 Å². The fourth-order valence-corrected chi connectivity index (χ4v) is 1.56. The molecule has 1 rings (SSSR count). The molecule has 0 fully saturated rings. The van der Waals surface area contributed by atoms with Gasteiger partial charge in [-0.25, -0.2) is 8.78 Å². The second-order valence-corrected chi connectivity index (χ2v) is 4.05. The summed E-state index contributed by atoms with van der Waals surface area (Å²) in [5.41, 5.74) is 5.68. The van der Waals surface area contributed by atoms with Gasteiger partial charge in [-0.15, -0.1) is 24.2 Å². The summed E-state index contributed by atoms with van der Waals surface area (Å²) in [5, 5.41) is 8.49. The molecule has 0 amide bonds. The number of rotatable bonds is 4. The molecule has 0 radical (unpaired) electrons. The molecule has 0 unspecified atom stereocenters. The lowest BCUT2D eigenvalue weighted by atomic mass is 10.0. The Balaban J connectivity index is 0.00000225. The molecule has 16 heavy (non-hydrogen) atoms. The lowest BCUT2D eigenvalue weighted by Crippen LogP contribution is -2.36. The average molecular weight is 270 g/mol. The van der Waals surface area contributed by atoms with Crippen LogP contribution in [0.1, 0.15) is 11.6 Å². The van der Waals surface area contributed by atoms with Crippen LogP contribution in [0.2, 0.25) is 0 Å². The molecular weight excluding hydrogens is 256 g/mol. The number of aliphatic hydroxyl groups excluding tert-OH is 1. The first-order chi connectivity index (χ1) is 7.01. The molecule has 0 aliphatic rings. The molecule has 1 aromatic carbocycles. The number of hydrogen-bond acceptors (Lipinski definition) is 3. The zero-order chi connectivity index (χ0) is 11.5. The van der Waals surface area contributed by atoms with Crippen LogP contribution in [-0.4, -0.2) is 23.9 Å². The van der Waals surface area contributed by atoms with Gasteiger partial charge in [-0.2, -0.15) is 0 Å². The van der Waals surface area contributed by atoms with E-state index in [4.69, 9.17) is 10.8 Å². The van der Waals surface area contributed by atoms with Crippen molar-refractivity contribution in [1.82, 2.24) is 0 Å². The van der Waals surface area contributed by atoms with Crippen molar-refractivity contribution in [2.45, 2.75) is 16.9 Å². The predicted molar refractivity (Wildman–Crippen MR) is 64.4 cm³/mol. The first-order valence-electron chi connectivity index (χ1n) is 4.39. The maximum Gasteiger partial charge on any atom is 0.289 e. The van der Waals surface area contributed by atoms with E-state index in [1.165, 1.54) is 11.8 Å². The van der Waals surface area contributed by atoms with Gasteiger partial charge in [-0.05, 0) is 24.0 Å². The van der Waals surface area contributed by atoms with Crippen LogP contribution in [0.15, 0.2) is 29.2 Å². The SMILES string of the molecule is CSc1ccc([C@@H](N)C(F)(F)CO)cc1.Cl. The Hall–Kier alpha value is -0.360. The van der Waals surface area contributed by atoms with E-state index in [0.29, 0.717) is 5.56 Å². The number of alkyl halides is 2. The van der Waals surface area contributed by atoms with E-state index in [0.717, 1.165) is 4.90 Å². The third kappa shape index (κ3) is 3.59. The highest BCUT2D eigenvalue weighted by atomic mass is 35.5. The van der Waals surface area contributed by atoms with E-state index < -0.39 is 18.6 Å². The molecule has 1 atom stereocenters. The van der Waals surface area contributed by atoms with Gasteiger partial charge in [-0.1, -0.05) is 12.1 Å². The molecule has 0 heterocycles. The number of nitrogens with two attached hydrogens (primary N) is 1. The third-order valence-corrected chi connectivity index (χ3v) is 2.88. The van der Waals surface area contributed by atoms with Crippen LogP contribution in [0.5, 0.6) is 0 Å². The minimum absolute atomic E-state index is 0. The van der Waals surface area contributed by atoms with E-state index >= 15 is 0 Å². The Labute approximate surface area is 104 Å². The van der Waals surface area contributed by atoms with Crippen molar-refractivity contribution in [1.29, 1.82) is 0 Å². The van der Waals surface area contributed by atoms with Crippen molar-refractivity contribution in [2.24, 2.45) is 5.73 Å². The van der Waals surface area contributed by atoms with Gasteiger partial charge in [0.15, 0.2) is 0 Å². The fraction of sp³-hybridized carbons (Fsp3) is 0.400. The molecule has 0 saturated heterocycles. The van der Waals surface area contributed by atoms with Crippen LogP contribution < -0.4 is 5.73 Å². The molecular formula is C10H14ClF2NOS. The standard InChI is InChI=1S/C10H13F2NOS.ClH/c1-15-8-4-2-7(3-5-8)9(13)10(11,12)6-14;/h2-5,9,14H,6,13H2,1H3;1H/t9-;/m1./s1. The van der Waals surface area contributed by atoms with Gasteiger partial charge in [0.05, 0.1) is 6.04 Å². The zero-order valence-corrected chi connectivity index (χ0v) is 10.3. The van der Waals surface area contributed by atoms with Crippen LogP contribution in [0.25, 0.3) is 0 Å². The number of benzene rings is 1. The van der Waals surface area contributed by atoms with Gasteiger partial charge in [0, 0.05) is 4.90 Å². The third-order valence-electron chi connectivity index (χ3n) is 2.14. The second kappa shape index (κ2) is 6.39. The van der Waals surface area contributed by atoms with Crippen LogP contribution in [0, 0.1) is 0 Å². The van der Waals surface area contributed by atoms with Crippen molar-refractivity contribution in [3.8, 4) is 0 Å². The van der Waals surface area contributed by atoms with Crippen molar-refractivity contribution in [3.05, 3.63) is 29.8 Å². The first-order valence-corrected chi connectivity index (χ1v) is 5.62.